The predicted octanol–water partition coefficient (Wildman–Crippen LogP) is 0.498. The van der Waals surface area contributed by atoms with Crippen LogP contribution in [0.1, 0.15) is 12.5 Å². The number of nitrogens with one attached hydrogen (secondary N) is 1. The zero-order chi connectivity index (χ0) is 11.1. The van der Waals surface area contributed by atoms with Gasteiger partial charge in [0.25, 0.3) is 0 Å². The minimum Gasteiger partial charge on any atom is -0.293 e. The van der Waals surface area contributed by atoms with Crippen molar-refractivity contribution in [1.82, 2.24) is 10.3 Å². The van der Waals surface area contributed by atoms with E-state index >= 15 is 0 Å². The molecule has 0 fully saturated rings. The summed E-state index contributed by atoms with van der Waals surface area (Å²) in [7, 11) is 0. The number of hydrazine groups is 1. The van der Waals surface area contributed by atoms with Crippen molar-refractivity contribution in [3.05, 3.63) is 35.9 Å². The monoisotopic (exact) mass is 207 g/mol. The summed E-state index contributed by atoms with van der Waals surface area (Å²) >= 11 is 0. The van der Waals surface area contributed by atoms with Gasteiger partial charge in [0.1, 0.15) is 0 Å². The van der Waals surface area contributed by atoms with Crippen molar-refractivity contribution in [2.45, 2.75) is 13.5 Å². The number of carbonyl (C=O) groups is 1. The average molecular weight is 207 g/mol. The van der Waals surface area contributed by atoms with Gasteiger partial charge in [0, 0.05) is 6.54 Å². The highest BCUT2D eigenvalue weighted by molar-refractivity contribution is 5.77. The molecule has 0 aromatic heterocycles. The molecule has 0 unspecified atom stereocenters. The fraction of sp³-hybridized carbons (Fsp3) is 0.364. The van der Waals surface area contributed by atoms with Gasteiger partial charge in [-0.25, -0.2) is 5.84 Å². The Kier molecular flexibility index (Phi) is 4.80. The number of rotatable bonds is 5. The van der Waals surface area contributed by atoms with E-state index < -0.39 is 0 Å². The summed E-state index contributed by atoms with van der Waals surface area (Å²) in [5, 5.41) is 0. The summed E-state index contributed by atoms with van der Waals surface area (Å²) in [5.41, 5.74) is 3.33. The van der Waals surface area contributed by atoms with Crippen LogP contribution >= 0.6 is 0 Å². The molecule has 1 rings (SSSR count). The van der Waals surface area contributed by atoms with E-state index in [0.29, 0.717) is 6.54 Å². The Hall–Kier alpha value is -1.39. The molecule has 0 aliphatic heterocycles. The van der Waals surface area contributed by atoms with Gasteiger partial charge in [-0.1, -0.05) is 37.3 Å². The maximum atomic E-state index is 11.1. The molecule has 0 aliphatic carbocycles. The van der Waals surface area contributed by atoms with Gasteiger partial charge < -0.3 is 0 Å². The number of benzene rings is 1. The molecule has 3 N–H and O–H groups in total. The molecule has 0 radical (unpaired) electrons. The molecular formula is C11H17N3O. The summed E-state index contributed by atoms with van der Waals surface area (Å²) in [5.74, 6) is 4.88. The Morgan fingerprint density at radius 3 is 2.60 bits per heavy atom. The van der Waals surface area contributed by atoms with E-state index in [2.05, 4.69) is 5.43 Å². The number of hydrogen-bond donors (Lipinski definition) is 2. The van der Waals surface area contributed by atoms with Gasteiger partial charge in [0.05, 0.1) is 6.54 Å². The molecule has 0 aliphatic rings. The van der Waals surface area contributed by atoms with E-state index in [9.17, 15) is 4.79 Å². The second-order valence-corrected chi connectivity index (χ2v) is 3.36. The minimum atomic E-state index is -0.159. The maximum Gasteiger partial charge on any atom is 0.248 e. The number of carbonyl (C=O) groups excluding carboxylic acids is 1. The lowest BCUT2D eigenvalue weighted by Crippen LogP contribution is -2.40. The smallest absolute Gasteiger partial charge is 0.248 e. The van der Waals surface area contributed by atoms with Gasteiger partial charge in [-0.15, -0.1) is 0 Å². The lowest BCUT2D eigenvalue weighted by molar-refractivity contribution is -0.122. The van der Waals surface area contributed by atoms with Gasteiger partial charge in [-0.2, -0.15) is 0 Å². The van der Waals surface area contributed by atoms with Gasteiger partial charge in [0.2, 0.25) is 5.91 Å². The molecule has 4 heteroatoms. The molecule has 82 valence electrons. The van der Waals surface area contributed by atoms with Crippen LogP contribution in [0.2, 0.25) is 0 Å². The third-order valence-corrected chi connectivity index (χ3v) is 2.22. The highest BCUT2D eigenvalue weighted by atomic mass is 16.2. The Bertz CT molecular complexity index is 300. The van der Waals surface area contributed by atoms with Crippen molar-refractivity contribution in [3.8, 4) is 0 Å². The molecule has 0 atom stereocenters. The molecule has 15 heavy (non-hydrogen) atoms. The summed E-state index contributed by atoms with van der Waals surface area (Å²) in [6.07, 6.45) is 0. The second-order valence-electron chi connectivity index (χ2n) is 3.36. The third kappa shape index (κ3) is 4.10. The Labute approximate surface area is 90.0 Å². The van der Waals surface area contributed by atoms with Crippen LogP contribution in [0.4, 0.5) is 0 Å². The van der Waals surface area contributed by atoms with E-state index in [0.717, 1.165) is 13.1 Å². The van der Waals surface area contributed by atoms with Crippen molar-refractivity contribution >= 4 is 5.91 Å². The summed E-state index contributed by atoms with van der Waals surface area (Å²) in [4.78, 5) is 13.1. The van der Waals surface area contributed by atoms with Crippen LogP contribution in [0, 0.1) is 0 Å². The van der Waals surface area contributed by atoms with Crippen LogP contribution in [0.5, 0.6) is 0 Å². The highest BCUT2D eigenvalue weighted by Gasteiger charge is 2.07. The number of likely N-dealkylation sites (N-methyl/N-ethyl adjacent to an activating group) is 1. The standard InChI is InChI=1S/C11H17N3O/c1-2-14(9-11(15)13-12)8-10-6-4-3-5-7-10/h3-7H,2,8-9,12H2,1H3,(H,13,15). The van der Waals surface area contributed by atoms with E-state index in [-0.39, 0.29) is 5.91 Å². The molecule has 4 nitrogen and oxygen atoms in total. The normalized spacial score (nSPS) is 10.3. The van der Waals surface area contributed by atoms with Crippen LogP contribution in [0.25, 0.3) is 0 Å². The maximum absolute atomic E-state index is 11.1. The van der Waals surface area contributed by atoms with Crippen LogP contribution in [0.3, 0.4) is 0 Å². The van der Waals surface area contributed by atoms with Gasteiger partial charge in [0.15, 0.2) is 0 Å². The molecule has 0 spiro atoms. The number of hydrogen-bond acceptors (Lipinski definition) is 3. The molecule has 0 heterocycles. The van der Waals surface area contributed by atoms with E-state index in [1.54, 1.807) is 0 Å². The first-order chi connectivity index (χ1) is 7.26. The summed E-state index contributed by atoms with van der Waals surface area (Å²) in [6, 6.07) is 10.1. The molecule has 0 saturated carbocycles. The van der Waals surface area contributed by atoms with Crippen LogP contribution in [-0.4, -0.2) is 23.9 Å². The first-order valence-electron chi connectivity index (χ1n) is 5.02. The Morgan fingerprint density at radius 1 is 1.40 bits per heavy atom. The minimum absolute atomic E-state index is 0.159. The number of nitrogens with zero attached hydrogens (tertiary/aromatic N) is 1. The lowest BCUT2D eigenvalue weighted by atomic mass is 10.2. The predicted molar refractivity (Wildman–Crippen MR) is 59.7 cm³/mol. The second kappa shape index (κ2) is 6.16. The van der Waals surface area contributed by atoms with E-state index in [1.807, 2.05) is 42.2 Å². The fourth-order valence-corrected chi connectivity index (χ4v) is 1.37. The largest absolute Gasteiger partial charge is 0.293 e. The van der Waals surface area contributed by atoms with Crippen LogP contribution in [-0.2, 0) is 11.3 Å². The summed E-state index contributed by atoms with van der Waals surface area (Å²) in [6.45, 7) is 3.95. The number of amides is 1. The van der Waals surface area contributed by atoms with Crippen molar-refractivity contribution in [2.75, 3.05) is 13.1 Å². The molecule has 1 amide bonds. The fourth-order valence-electron chi connectivity index (χ4n) is 1.37. The van der Waals surface area contributed by atoms with Crippen molar-refractivity contribution in [3.63, 3.8) is 0 Å². The topological polar surface area (TPSA) is 58.4 Å². The molecular weight excluding hydrogens is 190 g/mol. The van der Waals surface area contributed by atoms with E-state index in [1.165, 1.54) is 5.56 Å². The van der Waals surface area contributed by atoms with Crippen molar-refractivity contribution in [1.29, 1.82) is 0 Å². The van der Waals surface area contributed by atoms with Crippen LogP contribution in [0.15, 0.2) is 30.3 Å². The van der Waals surface area contributed by atoms with Crippen molar-refractivity contribution in [2.24, 2.45) is 5.84 Å². The first-order valence-corrected chi connectivity index (χ1v) is 5.02. The highest BCUT2D eigenvalue weighted by Crippen LogP contribution is 2.03. The first kappa shape index (κ1) is 11.7. The summed E-state index contributed by atoms with van der Waals surface area (Å²) < 4.78 is 0. The Balaban J connectivity index is 2.50. The average Bonchev–Trinajstić information content (AvgIpc) is 2.29. The van der Waals surface area contributed by atoms with Gasteiger partial charge in [-0.3, -0.25) is 15.1 Å². The third-order valence-electron chi connectivity index (χ3n) is 2.22. The lowest BCUT2D eigenvalue weighted by Gasteiger charge is -2.19. The Morgan fingerprint density at radius 2 is 2.07 bits per heavy atom. The van der Waals surface area contributed by atoms with Crippen molar-refractivity contribution < 1.29 is 4.79 Å². The molecule has 0 saturated heterocycles. The van der Waals surface area contributed by atoms with E-state index in [4.69, 9.17) is 5.84 Å². The SMILES string of the molecule is CCN(CC(=O)NN)Cc1ccccc1. The molecule has 1 aromatic carbocycles. The quantitative estimate of drug-likeness (QED) is 0.420. The van der Waals surface area contributed by atoms with Gasteiger partial charge >= 0.3 is 0 Å². The van der Waals surface area contributed by atoms with Crippen LogP contribution < -0.4 is 11.3 Å². The number of nitrogens with two attached hydrogens (primary N) is 1. The van der Waals surface area contributed by atoms with Gasteiger partial charge in [-0.05, 0) is 12.1 Å². The molecule has 0 bridgehead atoms. The zero-order valence-electron chi connectivity index (χ0n) is 8.94. The zero-order valence-corrected chi connectivity index (χ0v) is 8.94. The molecule has 1 aromatic rings.